The lowest BCUT2D eigenvalue weighted by Gasteiger charge is -2.39. The van der Waals surface area contributed by atoms with E-state index < -0.39 is 42.3 Å². The number of methoxy groups -OCH3 is 1. The molecule has 21 heavy (non-hydrogen) atoms. The minimum absolute atomic E-state index is 0.0312. The quantitative estimate of drug-likeness (QED) is 0.349. The summed E-state index contributed by atoms with van der Waals surface area (Å²) >= 11 is 0. The minimum atomic E-state index is -1.00. The molecule has 2 aliphatic rings. The first-order chi connectivity index (χ1) is 9.88. The third-order valence-electron chi connectivity index (χ3n) is 3.52. The molecule has 0 spiro atoms. The predicted molar refractivity (Wildman–Crippen MR) is 69.1 cm³/mol. The predicted octanol–water partition coefficient (Wildman–Crippen LogP) is 0.508. The standard InChI is InChI=1S/C12H19N3O6/c1-12(2)20-10-6(4-8(16)18-3)19-7(5-14-15-13)9(17)11(10)21-12/h6-7,9-11,17H,4-5H2,1-3H3/t6-,7-,9-,10-,11+/m1/s1. The number of fused-ring (bicyclic) bond motifs is 1. The molecule has 118 valence electrons. The Bertz CT molecular complexity index is 450. The van der Waals surface area contributed by atoms with Crippen molar-refractivity contribution in [2.75, 3.05) is 13.7 Å². The Morgan fingerprint density at radius 1 is 1.38 bits per heavy atom. The highest BCUT2D eigenvalue weighted by atomic mass is 16.8. The second-order valence-corrected chi connectivity index (χ2v) is 5.46. The molecule has 1 N–H and O–H groups in total. The first kappa shape index (κ1) is 16.0. The van der Waals surface area contributed by atoms with Gasteiger partial charge in [-0.3, -0.25) is 4.79 Å². The number of carbonyl (C=O) groups is 1. The van der Waals surface area contributed by atoms with Crippen LogP contribution >= 0.6 is 0 Å². The van der Waals surface area contributed by atoms with E-state index in [2.05, 4.69) is 14.8 Å². The molecule has 2 fully saturated rings. The largest absolute Gasteiger partial charge is 0.469 e. The average Bonchev–Trinajstić information content (AvgIpc) is 2.76. The van der Waals surface area contributed by atoms with Gasteiger partial charge in [-0.15, -0.1) is 0 Å². The molecule has 0 unspecified atom stereocenters. The number of rotatable bonds is 4. The first-order valence-electron chi connectivity index (χ1n) is 6.65. The Morgan fingerprint density at radius 3 is 2.67 bits per heavy atom. The van der Waals surface area contributed by atoms with Crippen LogP contribution in [0.5, 0.6) is 0 Å². The molecular formula is C12H19N3O6. The van der Waals surface area contributed by atoms with Crippen LogP contribution in [0.15, 0.2) is 5.11 Å². The van der Waals surface area contributed by atoms with Crippen LogP contribution in [-0.4, -0.2) is 61.0 Å². The minimum Gasteiger partial charge on any atom is -0.469 e. The van der Waals surface area contributed by atoms with Gasteiger partial charge in [-0.1, -0.05) is 5.11 Å². The van der Waals surface area contributed by atoms with Crippen molar-refractivity contribution in [1.29, 1.82) is 0 Å². The van der Waals surface area contributed by atoms with Gasteiger partial charge >= 0.3 is 5.97 Å². The maximum Gasteiger partial charge on any atom is 0.308 e. The maximum absolute atomic E-state index is 11.5. The van der Waals surface area contributed by atoms with E-state index in [9.17, 15) is 9.90 Å². The Hall–Kier alpha value is -1.38. The molecule has 0 aliphatic carbocycles. The van der Waals surface area contributed by atoms with Gasteiger partial charge in [-0.2, -0.15) is 0 Å². The molecule has 0 amide bonds. The van der Waals surface area contributed by atoms with E-state index in [0.717, 1.165) is 0 Å². The third-order valence-corrected chi connectivity index (χ3v) is 3.52. The smallest absolute Gasteiger partial charge is 0.308 e. The number of esters is 1. The van der Waals surface area contributed by atoms with Crippen molar-refractivity contribution in [1.82, 2.24) is 0 Å². The van der Waals surface area contributed by atoms with Gasteiger partial charge in [0.05, 0.1) is 32.3 Å². The summed E-state index contributed by atoms with van der Waals surface area (Å²) in [6, 6.07) is 0. The van der Waals surface area contributed by atoms with Gasteiger partial charge in [-0.25, -0.2) is 0 Å². The van der Waals surface area contributed by atoms with Gasteiger partial charge in [0, 0.05) is 4.91 Å². The lowest BCUT2D eigenvalue weighted by molar-refractivity contribution is -0.190. The molecule has 2 aliphatic heterocycles. The van der Waals surface area contributed by atoms with E-state index in [1.807, 2.05) is 0 Å². The fraction of sp³-hybridized carbons (Fsp3) is 0.917. The molecule has 9 heteroatoms. The van der Waals surface area contributed by atoms with Crippen LogP contribution in [0.3, 0.4) is 0 Å². The van der Waals surface area contributed by atoms with Gasteiger partial charge in [0.1, 0.15) is 18.3 Å². The van der Waals surface area contributed by atoms with Crippen LogP contribution in [0.1, 0.15) is 20.3 Å². The molecule has 2 saturated heterocycles. The zero-order valence-electron chi connectivity index (χ0n) is 12.1. The van der Waals surface area contributed by atoms with Crippen molar-refractivity contribution < 1.29 is 28.8 Å². The number of carbonyl (C=O) groups excluding carboxylic acids is 1. The second-order valence-electron chi connectivity index (χ2n) is 5.46. The number of ether oxygens (including phenoxy) is 4. The molecule has 0 bridgehead atoms. The summed E-state index contributed by atoms with van der Waals surface area (Å²) < 4.78 is 21.7. The lowest BCUT2D eigenvalue weighted by Crippen LogP contribution is -2.57. The first-order valence-corrected chi connectivity index (χ1v) is 6.65. The van der Waals surface area contributed by atoms with Crippen LogP contribution in [0, 0.1) is 0 Å². The van der Waals surface area contributed by atoms with E-state index in [0.29, 0.717) is 0 Å². The lowest BCUT2D eigenvalue weighted by atomic mass is 9.93. The molecular weight excluding hydrogens is 282 g/mol. The zero-order chi connectivity index (χ0) is 15.6. The molecule has 2 heterocycles. The van der Waals surface area contributed by atoms with Gasteiger partial charge in [0.25, 0.3) is 0 Å². The summed E-state index contributed by atoms with van der Waals surface area (Å²) in [4.78, 5) is 14.1. The van der Waals surface area contributed by atoms with Crippen LogP contribution in [0.4, 0.5) is 0 Å². The van der Waals surface area contributed by atoms with Crippen LogP contribution in [0.25, 0.3) is 10.4 Å². The molecule has 0 radical (unpaired) electrons. The van der Waals surface area contributed by atoms with Crippen molar-refractivity contribution in [3.05, 3.63) is 10.4 Å². The highest BCUT2D eigenvalue weighted by Crippen LogP contribution is 2.38. The van der Waals surface area contributed by atoms with Gasteiger partial charge in [0.15, 0.2) is 5.79 Å². The van der Waals surface area contributed by atoms with E-state index in [1.165, 1.54) is 7.11 Å². The van der Waals surface area contributed by atoms with Gasteiger partial charge < -0.3 is 24.1 Å². The van der Waals surface area contributed by atoms with E-state index in [-0.39, 0.29) is 13.0 Å². The Morgan fingerprint density at radius 2 is 2.05 bits per heavy atom. The summed E-state index contributed by atoms with van der Waals surface area (Å²) in [7, 11) is 1.28. The van der Waals surface area contributed by atoms with E-state index in [1.54, 1.807) is 13.8 Å². The molecule has 9 nitrogen and oxygen atoms in total. The van der Waals surface area contributed by atoms with Crippen LogP contribution in [-0.2, 0) is 23.7 Å². The molecule has 0 aromatic heterocycles. The molecule has 0 aromatic rings. The number of aliphatic hydroxyl groups is 1. The number of hydrogen-bond acceptors (Lipinski definition) is 7. The summed E-state index contributed by atoms with van der Waals surface area (Å²) in [6.07, 6.45) is -3.66. The van der Waals surface area contributed by atoms with Crippen LogP contribution < -0.4 is 0 Å². The summed E-state index contributed by atoms with van der Waals surface area (Å²) in [5.41, 5.74) is 8.39. The van der Waals surface area contributed by atoms with Crippen molar-refractivity contribution >= 4 is 5.97 Å². The fourth-order valence-electron chi connectivity index (χ4n) is 2.64. The monoisotopic (exact) mass is 301 g/mol. The van der Waals surface area contributed by atoms with Crippen molar-refractivity contribution in [3.63, 3.8) is 0 Å². The molecule has 5 atom stereocenters. The summed E-state index contributed by atoms with van der Waals surface area (Å²) in [6.45, 7) is 3.38. The normalized spacial score (nSPS) is 37.4. The number of azide groups is 1. The number of nitrogens with zero attached hydrogens (tertiary/aromatic N) is 3. The highest BCUT2D eigenvalue weighted by Gasteiger charge is 2.54. The van der Waals surface area contributed by atoms with Crippen molar-refractivity contribution in [2.24, 2.45) is 5.11 Å². The van der Waals surface area contributed by atoms with E-state index >= 15 is 0 Å². The summed E-state index contributed by atoms with van der Waals surface area (Å²) in [5.74, 6) is -1.34. The SMILES string of the molecule is COC(=O)C[C@H]1O[C@H](CN=[N+]=[N-])[C@@H](O)[C@@H]2OC(C)(C)O[C@@H]21. The Kier molecular flexibility index (Phi) is 4.70. The fourth-order valence-corrected chi connectivity index (χ4v) is 2.64. The second kappa shape index (κ2) is 6.17. The van der Waals surface area contributed by atoms with E-state index in [4.69, 9.17) is 19.7 Å². The van der Waals surface area contributed by atoms with Crippen LogP contribution in [0.2, 0.25) is 0 Å². The van der Waals surface area contributed by atoms with Crippen molar-refractivity contribution in [2.45, 2.75) is 56.6 Å². The maximum atomic E-state index is 11.5. The number of aliphatic hydroxyl groups excluding tert-OH is 1. The van der Waals surface area contributed by atoms with Gasteiger partial charge in [-0.05, 0) is 19.4 Å². The highest BCUT2D eigenvalue weighted by molar-refractivity contribution is 5.69. The average molecular weight is 301 g/mol. The molecule has 2 rings (SSSR count). The third kappa shape index (κ3) is 3.45. The molecule has 0 aromatic carbocycles. The van der Waals surface area contributed by atoms with Crippen molar-refractivity contribution in [3.8, 4) is 0 Å². The Balaban J connectivity index is 2.18. The Labute approximate surface area is 121 Å². The topological polar surface area (TPSA) is 123 Å². The zero-order valence-corrected chi connectivity index (χ0v) is 12.1. The summed E-state index contributed by atoms with van der Waals surface area (Å²) in [5, 5.41) is 13.7. The number of hydrogen-bond donors (Lipinski definition) is 1. The molecule has 0 saturated carbocycles. The van der Waals surface area contributed by atoms with Gasteiger partial charge in [0.2, 0.25) is 0 Å².